The van der Waals surface area contributed by atoms with Crippen molar-refractivity contribution in [3.8, 4) is 5.75 Å². The molecule has 0 atom stereocenters. The molecule has 2 N–H and O–H groups in total. The Morgan fingerprint density at radius 1 is 1.06 bits per heavy atom. The van der Waals surface area contributed by atoms with Crippen LogP contribution in [0, 0.1) is 0 Å². The summed E-state index contributed by atoms with van der Waals surface area (Å²) in [6, 6.07) is 12.4. The Labute approximate surface area is 193 Å². The van der Waals surface area contributed by atoms with Crippen LogP contribution in [0.2, 0.25) is 0 Å². The number of fused-ring (bicyclic) bond motifs is 1. The highest BCUT2D eigenvalue weighted by Gasteiger charge is 2.43. The molecule has 0 bridgehead atoms. The Kier molecular flexibility index (Phi) is 6.58. The third-order valence-corrected chi connectivity index (χ3v) is 5.66. The number of hydrogen-bond donors (Lipinski definition) is 1. The fourth-order valence-electron chi connectivity index (χ4n) is 3.90. The number of hydrogen-bond acceptors (Lipinski definition) is 5. The first-order chi connectivity index (χ1) is 16.2. The van der Waals surface area contributed by atoms with Crippen molar-refractivity contribution in [2.24, 2.45) is 0 Å². The van der Waals surface area contributed by atoms with Crippen LogP contribution in [-0.4, -0.2) is 54.1 Å². The third-order valence-electron chi connectivity index (χ3n) is 5.66. The van der Waals surface area contributed by atoms with E-state index < -0.39 is 12.1 Å². The summed E-state index contributed by atoms with van der Waals surface area (Å²) in [5, 5.41) is 1.50. The molecule has 1 aliphatic heterocycles. The van der Waals surface area contributed by atoms with Gasteiger partial charge >= 0.3 is 12.1 Å². The Bertz CT molecular complexity index is 1190. The highest BCUT2D eigenvalue weighted by molar-refractivity contribution is 5.99. The molecule has 178 valence electrons. The van der Waals surface area contributed by atoms with Gasteiger partial charge in [0, 0.05) is 35.9 Å². The molecular weight excluding hydrogens is 449 g/mol. The first kappa shape index (κ1) is 23.3. The number of amides is 2. The van der Waals surface area contributed by atoms with Crippen LogP contribution in [-0.2, 0) is 4.79 Å². The fourth-order valence-corrected chi connectivity index (χ4v) is 3.90. The highest BCUT2D eigenvalue weighted by atomic mass is 19.4. The van der Waals surface area contributed by atoms with Crippen LogP contribution < -0.4 is 15.4 Å². The molecule has 10 heteroatoms. The van der Waals surface area contributed by atoms with Crippen molar-refractivity contribution < 1.29 is 27.5 Å². The number of aromatic nitrogens is 1. The fraction of sp³-hybridized carbons (Fsp3) is 0.292. The predicted molar refractivity (Wildman–Crippen MR) is 122 cm³/mol. The first-order valence-corrected chi connectivity index (χ1v) is 10.8. The number of ether oxygens (including phenoxy) is 1. The van der Waals surface area contributed by atoms with Gasteiger partial charge in [0.15, 0.2) is 0 Å². The molecular formula is C24H23F3N4O3. The molecule has 0 saturated carbocycles. The van der Waals surface area contributed by atoms with Crippen LogP contribution in [0.15, 0.2) is 54.7 Å². The quantitative estimate of drug-likeness (QED) is 0.585. The standard InChI is InChI=1S/C24H23F3N4O3/c25-24(26,27)23(33)31(18-6-3-17(4-7-18)22(32)30-11-1-2-12-30)13-14-34-19-8-5-16-9-10-29-21(28)20(16)15-19/h3-10,15H,1-2,11-14H2,(H2,28,29). The van der Waals surface area contributed by atoms with Gasteiger partial charge in [0.25, 0.3) is 5.91 Å². The first-order valence-electron chi connectivity index (χ1n) is 10.8. The summed E-state index contributed by atoms with van der Waals surface area (Å²) in [4.78, 5) is 30.9. The molecule has 2 amide bonds. The molecule has 1 saturated heterocycles. The normalized spacial score (nSPS) is 13.8. The number of carbonyl (C=O) groups excluding carboxylic acids is 2. The van der Waals surface area contributed by atoms with Crippen molar-refractivity contribution in [1.82, 2.24) is 9.88 Å². The zero-order chi connectivity index (χ0) is 24.3. The minimum absolute atomic E-state index is 0.0239. The van der Waals surface area contributed by atoms with E-state index >= 15 is 0 Å². The number of halogens is 3. The van der Waals surface area contributed by atoms with Gasteiger partial charge in [-0.25, -0.2) is 4.98 Å². The van der Waals surface area contributed by atoms with Crippen molar-refractivity contribution in [3.05, 3.63) is 60.3 Å². The number of likely N-dealkylation sites (tertiary alicyclic amines) is 1. The van der Waals surface area contributed by atoms with Crippen LogP contribution in [0.25, 0.3) is 10.8 Å². The molecule has 0 aliphatic carbocycles. The largest absolute Gasteiger partial charge is 0.492 e. The summed E-state index contributed by atoms with van der Waals surface area (Å²) in [5.74, 6) is -1.49. The Hall–Kier alpha value is -3.82. The van der Waals surface area contributed by atoms with Gasteiger partial charge in [-0.1, -0.05) is 6.07 Å². The minimum atomic E-state index is -5.06. The second-order valence-electron chi connectivity index (χ2n) is 7.93. The minimum Gasteiger partial charge on any atom is -0.492 e. The lowest BCUT2D eigenvalue weighted by molar-refractivity contribution is -0.170. The van der Waals surface area contributed by atoms with Gasteiger partial charge < -0.3 is 20.3 Å². The van der Waals surface area contributed by atoms with Gasteiger partial charge in [0.2, 0.25) is 0 Å². The number of benzene rings is 2. The molecule has 4 rings (SSSR count). The number of anilines is 2. The molecule has 0 unspecified atom stereocenters. The van der Waals surface area contributed by atoms with Crippen molar-refractivity contribution in [1.29, 1.82) is 0 Å². The Balaban J connectivity index is 1.48. The molecule has 0 spiro atoms. The summed E-state index contributed by atoms with van der Waals surface area (Å²) in [5.41, 5.74) is 6.26. The molecule has 2 heterocycles. The number of rotatable bonds is 6. The average molecular weight is 472 g/mol. The maximum atomic E-state index is 13.3. The van der Waals surface area contributed by atoms with Crippen molar-refractivity contribution in [2.75, 3.05) is 36.9 Å². The van der Waals surface area contributed by atoms with E-state index in [1.165, 1.54) is 24.3 Å². The second kappa shape index (κ2) is 9.58. The molecule has 1 aromatic heterocycles. The average Bonchev–Trinajstić information content (AvgIpc) is 3.36. The number of nitrogens with zero attached hydrogens (tertiary/aromatic N) is 3. The third kappa shape index (κ3) is 5.05. The summed E-state index contributed by atoms with van der Waals surface area (Å²) in [6.07, 6.45) is -1.63. The molecule has 2 aromatic carbocycles. The van der Waals surface area contributed by atoms with Gasteiger partial charge in [0.1, 0.15) is 18.2 Å². The predicted octanol–water partition coefficient (Wildman–Crippen LogP) is 4.03. The van der Waals surface area contributed by atoms with Crippen LogP contribution in [0.5, 0.6) is 5.75 Å². The Morgan fingerprint density at radius 2 is 1.76 bits per heavy atom. The summed E-state index contributed by atoms with van der Waals surface area (Å²) in [6.45, 7) is 0.778. The van der Waals surface area contributed by atoms with E-state index in [1.807, 2.05) is 0 Å². The highest BCUT2D eigenvalue weighted by Crippen LogP contribution is 2.26. The van der Waals surface area contributed by atoms with E-state index in [1.54, 1.807) is 35.4 Å². The van der Waals surface area contributed by atoms with Gasteiger partial charge in [-0.05, 0) is 60.7 Å². The second-order valence-corrected chi connectivity index (χ2v) is 7.93. The lowest BCUT2D eigenvalue weighted by atomic mass is 10.1. The van der Waals surface area contributed by atoms with Crippen LogP contribution in [0.3, 0.4) is 0 Å². The maximum absolute atomic E-state index is 13.3. The number of nitrogens with two attached hydrogens (primary N) is 1. The van der Waals surface area contributed by atoms with Gasteiger partial charge in [-0.15, -0.1) is 0 Å². The van der Waals surface area contributed by atoms with E-state index in [2.05, 4.69) is 4.98 Å². The SMILES string of the molecule is Nc1nccc2ccc(OCCN(C(=O)C(F)(F)F)c3ccc(C(=O)N4CCCC4)cc3)cc12. The van der Waals surface area contributed by atoms with E-state index in [-0.39, 0.29) is 24.7 Å². The molecule has 3 aromatic rings. The molecule has 1 aliphatic rings. The van der Waals surface area contributed by atoms with E-state index in [0.717, 1.165) is 18.2 Å². The van der Waals surface area contributed by atoms with Crippen LogP contribution in [0.1, 0.15) is 23.2 Å². The Morgan fingerprint density at radius 3 is 2.44 bits per heavy atom. The van der Waals surface area contributed by atoms with Gasteiger partial charge in [-0.2, -0.15) is 13.2 Å². The van der Waals surface area contributed by atoms with Crippen LogP contribution in [0.4, 0.5) is 24.7 Å². The molecule has 0 radical (unpaired) electrons. The van der Waals surface area contributed by atoms with Gasteiger partial charge in [-0.3, -0.25) is 9.59 Å². The summed E-state index contributed by atoms with van der Waals surface area (Å²) in [7, 11) is 0. The van der Waals surface area contributed by atoms with E-state index in [9.17, 15) is 22.8 Å². The molecule has 34 heavy (non-hydrogen) atoms. The molecule has 1 fully saturated rings. The van der Waals surface area contributed by atoms with Crippen molar-refractivity contribution in [2.45, 2.75) is 19.0 Å². The maximum Gasteiger partial charge on any atom is 0.471 e. The van der Waals surface area contributed by atoms with E-state index in [0.29, 0.717) is 40.5 Å². The molecule has 7 nitrogen and oxygen atoms in total. The van der Waals surface area contributed by atoms with Crippen molar-refractivity contribution >= 4 is 34.1 Å². The number of alkyl halides is 3. The number of nitrogen functional groups attached to an aromatic ring is 1. The monoisotopic (exact) mass is 472 g/mol. The van der Waals surface area contributed by atoms with Gasteiger partial charge in [0.05, 0.1) is 6.54 Å². The van der Waals surface area contributed by atoms with Crippen molar-refractivity contribution in [3.63, 3.8) is 0 Å². The zero-order valence-electron chi connectivity index (χ0n) is 18.2. The van der Waals surface area contributed by atoms with E-state index in [4.69, 9.17) is 10.5 Å². The number of carbonyl (C=O) groups is 2. The van der Waals surface area contributed by atoms with Crippen LogP contribution >= 0.6 is 0 Å². The topological polar surface area (TPSA) is 88.8 Å². The summed E-state index contributed by atoms with van der Waals surface area (Å²) < 4.78 is 45.4. The lowest BCUT2D eigenvalue weighted by Gasteiger charge is -2.24. The lowest BCUT2D eigenvalue weighted by Crippen LogP contribution is -2.43. The number of pyridine rings is 1. The zero-order valence-corrected chi connectivity index (χ0v) is 18.2. The summed E-state index contributed by atoms with van der Waals surface area (Å²) >= 11 is 0. The smallest absolute Gasteiger partial charge is 0.471 e.